The molecule has 1 saturated heterocycles. The summed E-state index contributed by atoms with van der Waals surface area (Å²) in [4.78, 5) is 52.3. The number of Topliss-reactive ketones (excluding diaryl/α,β-unsaturated/α-hetero) is 2. The van der Waals surface area contributed by atoms with Gasteiger partial charge in [-0.15, -0.1) is 0 Å². The second kappa shape index (κ2) is 14.1. The maximum atomic E-state index is 13.8. The standard InChI is InChI=1S/C32H41NO8/c1-32(2,3)30(37)31(38)33-16-7-6-11-25(33)26(34)19-23(22-9-8-10-24(18-22)41-20-29(35)36)14-12-21-13-15-27(39-4)28(17-21)40-5/h8-10,13,15,17-18,23,25H,6-7,11-12,14,16,19-20H2,1-5H3,(H,35,36)/t23-,25-/m0/s1. The molecule has 1 amide bonds. The lowest BCUT2D eigenvalue weighted by atomic mass is 9.84. The van der Waals surface area contributed by atoms with Crippen molar-refractivity contribution < 1.29 is 38.5 Å². The number of carbonyl (C=O) groups is 4. The molecule has 0 unspecified atom stereocenters. The zero-order valence-electron chi connectivity index (χ0n) is 24.6. The number of carboxylic acid groups (broad SMARTS) is 1. The molecule has 41 heavy (non-hydrogen) atoms. The van der Waals surface area contributed by atoms with E-state index in [1.54, 1.807) is 53.2 Å². The van der Waals surface area contributed by atoms with Gasteiger partial charge in [-0.25, -0.2) is 4.79 Å². The number of hydrogen-bond acceptors (Lipinski definition) is 7. The SMILES string of the molecule is COc1ccc(CC[C@@H](CC(=O)[C@@H]2CCCCN2C(=O)C(=O)C(C)(C)C)c2cccc(OCC(=O)O)c2)cc1OC. The maximum Gasteiger partial charge on any atom is 0.341 e. The van der Waals surface area contributed by atoms with Gasteiger partial charge in [0.15, 0.2) is 23.9 Å². The average Bonchev–Trinajstić information content (AvgIpc) is 2.96. The summed E-state index contributed by atoms with van der Waals surface area (Å²) in [7, 11) is 3.15. The maximum absolute atomic E-state index is 13.8. The molecule has 1 N–H and O–H groups in total. The topological polar surface area (TPSA) is 119 Å². The van der Waals surface area contributed by atoms with Gasteiger partial charge in [0.25, 0.3) is 5.91 Å². The van der Waals surface area contributed by atoms with E-state index in [2.05, 4.69) is 0 Å². The van der Waals surface area contributed by atoms with Gasteiger partial charge in [-0.2, -0.15) is 0 Å². The highest BCUT2D eigenvalue weighted by Crippen LogP contribution is 2.33. The highest BCUT2D eigenvalue weighted by Gasteiger charge is 2.39. The Morgan fingerprint density at radius 1 is 1.00 bits per heavy atom. The lowest BCUT2D eigenvalue weighted by Gasteiger charge is -2.36. The van der Waals surface area contributed by atoms with Crippen molar-refractivity contribution in [1.29, 1.82) is 0 Å². The molecule has 2 aromatic carbocycles. The molecule has 1 aliphatic heterocycles. The number of nitrogens with zero attached hydrogens (tertiary/aromatic N) is 1. The molecule has 1 aliphatic rings. The Hall–Kier alpha value is -3.88. The molecular weight excluding hydrogens is 526 g/mol. The van der Waals surface area contributed by atoms with Crippen LogP contribution in [0.4, 0.5) is 0 Å². The molecule has 0 aliphatic carbocycles. The minimum absolute atomic E-state index is 0.0890. The van der Waals surface area contributed by atoms with Crippen LogP contribution in [-0.2, 0) is 25.6 Å². The fraction of sp³-hybridized carbons (Fsp3) is 0.500. The molecule has 0 bridgehead atoms. The van der Waals surface area contributed by atoms with Gasteiger partial charge in [-0.3, -0.25) is 14.4 Å². The quantitative estimate of drug-likeness (QED) is 0.342. The summed E-state index contributed by atoms with van der Waals surface area (Å²) in [6, 6.07) is 12.2. The van der Waals surface area contributed by atoms with Gasteiger partial charge in [-0.05, 0) is 73.4 Å². The van der Waals surface area contributed by atoms with Gasteiger partial charge in [0.1, 0.15) is 5.75 Å². The fourth-order valence-corrected chi connectivity index (χ4v) is 5.11. The Morgan fingerprint density at radius 2 is 1.73 bits per heavy atom. The second-order valence-electron chi connectivity index (χ2n) is 11.4. The van der Waals surface area contributed by atoms with Crippen LogP contribution in [0.15, 0.2) is 42.5 Å². The Balaban J connectivity index is 1.87. The average molecular weight is 568 g/mol. The number of carboxylic acids is 1. The molecule has 0 radical (unpaired) electrons. The minimum atomic E-state index is -1.08. The van der Waals surface area contributed by atoms with Crippen LogP contribution in [0.25, 0.3) is 0 Å². The second-order valence-corrected chi connectivity index (χ2v) is 11.4. The van der Waals surface area contributed by atoms with Gasteiger partial charge < -0.3 is 24.2 Å². The fourth-order valence-electron chi connectivity index (χ4n) is 5.11. The summed E-state index contributed by atoms with van der Waals surface area (Å²) >= 11 is 0. The molecule has 1 heterocycles. The Labute approximate surface area is 241 Å². The van der Waals surface area contributed by atoms with Gasteiger partial charge in [0.05, 0.1) is 20.3 Å². The molecule has 2 atom stereocenters. The summed E-state index contributed by atoms with van der Waals surface area (Å²) < 4.78 is 16.2. The van der Waals surface area contributed by atoms with Gasteiger partial charge >= 0.3 is 5.97 Å². The number of aliphatic carboxylic acids is 1. The third-order valence-electron chi connectivity index (χ3n) is 7.38. The number of ether oxygens (including phenoxy) is 3. The van der Waals surface area contributed by atoms with Crippen molar-refractivity contribution >= 4 is 23.4 Å². The van der Waals surface area contributed by atoms with Crippen molar-refractivity contribution in [3.05, 3.63) is 53.6 Å². The van der Waals surface area contributed by atoms with Crippen LogP contribution in [0.5, 0.6) is 17.2 Å². The molecule has 1 fully saturated rings. The van der Waals surface area contributed by atoms with E-state index in [0.717, 1.165) is 24.0 Å². The summed E-state index contributed by atoms with van der Waals surface area (Å²) in [5.41, 5.74) is 1.00. The van der Waals surface area contributed by atoms with E-state index in [4.69, 9.17) is 19.3 Å². The van der Waals surface area contributed by atoms with Crippen LogP contribution < -0.4 is 14.2 Å². The molecule has 0 spiro atoms. The van der Waals surface area contributed by atoms with Crippen LogP contribution in [-0.4, -0.2) is 66.9 Å². The van der Waals surface area contributed by atoms with Gasteiger partial charge in [0.2, 0.25) is 5.78 Å². The first kappa shape index (κ1) is 31.6. The van der Waals surface area contributed by atoms with E-state index < -0.39 is 35.7 Å². The van der Waals surface area contributed by atoms with Crippen LogP contribution in [0, 0.1) is 5.41 Å². The third kappa shape index (κ3) is 8.55. The van der Waals surface area contributed by atoms with E-state index in [1.807, 2.05) is 24.3 Å². The van der Waals surface area contributed by atoms with E-state index in [0.29, 0.717) is 43.1 Å². The van der Waals surface area contributed by atoms with Crippen molar-refractivity contribution in [3.8, 4) is 17.2 Å². The molecular formula is C32H41NO8. The summed E-state index contributed by atoms with van der Waals surface area (Å²) in [6.07, 6.45) is 3.47. The molecule has 222 valence electrons. The number of hydrogen-bond donors (Lipinski definition) is 1. The number of methoxy groups -OCH3 is 2. The largest absolute Gasteiger partial charge is 0.493 e. The highest BCUT2D eigenvalue weighted by molar-refractivity contribution is 6.38. The van der Waals surface area contributed by atoms with Crippen molar-refractivity contribution in [2.45, 2.75) is 71.3 Å². The molecule has 2 aromatic rings. The van der Waals surface area contributed by atoms with E-state index >= 15 is 0 Å². The van der Waals surface area contributed by atoms with Crippen LogP contribution in [0.3, 0.4) is 0 Å². The smallest absolute Gasteiger partial charge is 0.341 e. The lowest BCUT2D eigenvalue weighted by molar-refractivity contribution is -0.153. The summed E-state index contributed by atoms with van der Waals surface area (Å²) in [6.45, 7) is 5.03. The Kier molecular flexibility index (Phi) is 10.9. The van der Waals surface area contributed by atoms with E-state index in [9.17, 15) is 19.2 Å². The summed E-state index contributed by atoms with van der Waals surface area (Å²) in [5, 5.41) is 9.02. The first-order chi connectivity index (χ1) is 19.4. The number of amides is 1. The number of aryl methyl sites for hydroxylation is 1. The zero-order valence-corrected chi connectivity index (χ0v) is 24.6. The first-order valence-corrected chi connectivity index (χ1v) is 14.0. The number of piperidine rings is 1. The predicted octanol–water partition coefficient (Wildman–Crippen LogP) is 4.84. The Morgan fingerprint density at radius 3 is 2.39 bits per heavy atom. The number of likely N-dealkylation sites (tertiary alicyclic amines) is 1. The summed E-state index contributed by atoms with van der Waals surface area (Å²) in [5.74, 6) is -0.858. The molecule has 3 rings (SSSR count). The van der Waals surface area contributed by atoms with Crippen molar-refractivity contribution in [1.82, 2.24) is 4.90 Å². The monoisotopic (exact) mass is 567 g/mol. The first-order valence-electron chi connectivity index (χ1n) is 14.0. The van der Waals surface area contributed by atoms with Crippen molar-refractivity contribution in [2.75, 3.05) is 27.4 Å². The number of benzene rings is 2. The molecule has 9 nitrogen and oxygen atoms in total. The molecule has 0 saturated carbocycles. The van der Waals surface area contributed by atoms with E-state index in [1.165, 1.54) is 4.90 Å². The van der Waals surface area contributed by atoms with Crippen LogP contribution in [0.1, 0.15) is 69.9 Å². The van der Waals surface area contributed by atoms with Crippen LogP contribution in [0.2, 0.25) is 0 Å². The number of carbonyl (C=O) groups excluding carboxylic acids is 3. The normalized spacial score (nSPS) is 16.0. The third-order valence-corrected chi connectivity index (χ3v) is 7.38. The van der Waals surface area contributed by atoms with Crippen molar-refractivity contribution in [2.24, 2.45) is 5.41 Å². The zero-order chi connectivity index (χ0) is 30.2. The van der Waals surface area contributed by atoms with Gasteiger partial charge in [0, 0.05) is 18.4 Å². The number of ketones is 2. The molecule has 9 heteroatoms. The van der Waals surface area contributed by atoms with Crippen molar-refractivity contribution in [3.63, 3.8) is 0 Å². The Bertz CT molecular complexity index is 1250. The molecule has 0 aromatic heterocycles. The lowest BCUT2D eigenvalue weighted by Crippen LogP contribution is -2.52. The van der Waals surface area contributed by atoms with Crippen LogP contribution >= 0.6 is 0 Å². The van der Waals surface area contributed by atoms with E-state index in [-0.39, 0.29) is 18.1 Å². The minimum Gasteiger partial charge on any atom is -0.493 e. The van der Waals surface area contributed by atoms with Gasteiger partial charge in [-0.1, -0.05) is 39.0 Å². The predicted molar refractivity (Wildman–Crippen MR) is 154 cm³/mol. The number of rotatable bonds is 13. The highest BCUT2D eigenvalue weighted by atomic mass is 16.5.